The summed E-state index contributed by atoms with van der Waals surface area (Å²) in [6, 6.07) is 2.20. The lowest BCUT2D eigenvalue weighted by atomic mass is 9.87. The number of rotatable bonds is 3. The highest BCUT2D eigenvalue weighted by Gasteiger charge is 2.18. The number of carbonyl (C=O) groups is 1. The van der Waals surface area contributed by atoms with Gasteiger partial charge in [0.05, 0.1) is 0 Å². The van der Waals surface area contributed by atoms with Crippen LogP contribution in [0.5, 0.6) is 0 Å². The molecule has 90 valence electrons. The van der Waals surface area contributed by atoms with Gasteiger partial charge in [0.15, 0.2) is 0 Å². The van der Waals surface area contributed by atoms with Crippen molar-refractivity contribution in [3.63, 3.8) is 0 Å². The molecule has 3 heteroatoms. The van der Waals surface area contributed by atoms with Gasteiger partial charge in [0.25, 0.3) is 0 Å². The van der Waals surface area contributed by atoms with Crippen LogP contribution >= 0.6 is 11.8 Å². The van der Waals surface area contributed by atoms with E-state index in [-0.39, 0.29) is 0 Å². The second-order valence-electron chi connectivity index (χ2n) is 4.54. The fraction of sp³-hybridized carbons (Fsp3) is 0.429. The molecule has 1 heterocycles. The van der Waals surface area contributed by atoms with Crippen LogP contribution in [-0.4, -0.2) is 17.5 Å². The average Bonchev–Trinajstić information content (AvgIpc) is 2.35. The van der Waals surface area contributed by atoms with Crippen LogP contribution in [-0.2, 0) is 17.6 Å². The van der Waals surface area contributed by atoms with Crippen molar-refractivity contribution in [2.45, 2.75) is 31.2 Å². The van der Waals surface area contributed by atoms with Gasteiger partial charge in [-0.05, 0) is 55.2 Å². The third kappa shape index (κ3) is 2.78. The van der Waals surface area contributed by atoms with Crippen LogP contribution in [0.4, 0.5) is 0 Å². The highest BCUT2D eigenvalue weighted by Crippen LogP contribution is 2.29. The molecule has 1 aliphatic carbocycles. The smallest absolute Gasteiger partial charge is 0.142 e. The zero-order chi connectivity index (χ0) is 12.3. The number of nitrogens with zero attached hydrogens (tertiary/aromatic N) is 1. The normalized spacial score (nSPS) is 19.3. The first kappa shape index (κ1) is 12.4. The molecule has 0 radical (unpaired) electrons. The Morgan fingerprint density at radius 1 is 1.53 bits per heavy atom. The summed E-state index contributed by atoms with van der Waals surface area (Å²) in [5.74, 6) is 0.743. The van der Waals surface area contributed by atoms with Crippen molar-refractivity contribution in [1.82, 2.24) is 4.98 Å². The first-order valence-electron chi connectivity index (χ1n) is 5.93. The van der Waals surface area contributed by atoms with E-state index in [2.05, 4.69) is 13.0 Å². The fourth-order valence-electron chi connectivity index (χ4n) is 2.27. The molecule has 0 amide bonds. The second-order valence-corrected chi connectivity index (χ2v) is 5.33. The van der Waals surface area contributed by atoms with Gasteiger partial charge < -0.3 is 0 Å². The number of fused-ring (bicyclic) bond motifs is 1. The number of allylic oxidation sites excluding steroid dienone is 1. The molecule has 17 heavy (non-hydrogen) atoms. The van der Waals surface area contributed by atoms with E-state index in [1.807, 2.05) is 12.3 Å². The third-order valence-corrected chi connectivity index (χ3v) is 3.89. The number of aldehydes is 1. The van der Waals surface area contributed by atoms with E-state index >= 15 is 0 Å². The minimum absolute atomic E-state index is 0.743. The molecule has 0 N–H and O–H groups in total. The molecule has 0 fully saturated rings. The molecule has 1 aromatic heterocycles. The minimum atomic E-state index is 0.743. The summed E-state index contributed by atoms with van der Waals surface area (Å²) in [6.45, 7) is 2.28. The fourth-order valence-corrected chi connectivity index (χ4v) is 2.84. The SMILES string of the molecule is CSc1nc2c(cc1/C=C/C=O)CC(C)CC2. The van der Waals surface area contributed by atoms with Crippen LogP contribution in [0.2, 0.25) is 0 Å². The average molecular weight is 247 g/mol. The van der Waals surface area contributed by atoms with Crippen LogP contribution in [0.3, 0.4) is 0 Å². The summed E-state index contributed by atoms with van der Waals surface area (Å²) in [5, 5.41) is 1.02. The van der Waals surface area contributed by atoms with Crippen molar-refractivity contribution in [2.75, 3.05) is 6.26 Å². The Bertz CT molecular complexity index is 454. The lowest BCUT2D eigenvalue weighted by Crippen LogP contribution is -2.13. The maximum atomic E-state index is 10.4. The van der Waals surface area contributed by atoms with Gasteiger partial charge in [-0.3, -0.25) is 4.79 Å². The summed E-state index contributed by atoms with van der Waals surface area (Å²) in [4.78, 5) is 15.1. The third-order valence-electron chi connectivity index (χ3n) is 3.17. The van der Waals surface area contributed by atoms with Crippen molar-refractivity contribution >= 4 is 24.1 Å². The molecule has 0 saturated heterocycles. The Morgan fingerprint density at radius 2 is 2.35 bits per heavy atom. The van der Waals surface area contributed by atoms with Crippen LogP contribution in [0.15, 0.2) is 17.2 Å². The van der Waals surface area contributed by atoms with Crippen LogP contribution in [0.25, 0.3) is 6.08 Å². The number of pyridine rings is 1. The van der Waals surface area contributed by atoms with E-state index in [0.717, 1.165) is 35.6 Å². The second kappa shape index (κ2) is 5.50. The van der Waals surface area contributed by atoms with Gasteiger partial charge in [0.1, 0.15) is 11.3 Å². The van der Waals surface area contributed by atoms with Crippen LogP contribution < -0.4 is 0 Å². The topological polar surface area (TPSA) is 30.0 Å². The van der Waals surface area contributed by atoms with Gasteiger partial charge in [-0.2, -0.15) is 0 Å². The Morgan fingerprint density at radius 3 is 3.06 bits per heavy atom. The Hall–Kier alpha value is -1.09. The molecule has 1 atom stereocenters. The van der Waals surface area contributed by atoms with Crippen LogP contribution in [0, 0.1) is 5.92 Å². The predicted molar refractivity (Wildman–Crippen MR) is 72.3 cm³/mol. The lowest BCUT2D eigenvalue weighted by molar-refractivity contribution is -0.104. The van der Waals surface area contributed by atoms with E-state index in [1.54, 1.807) is 11.8 Å². The molecule has 1 unspecified atom stereocenters. The summed E-state index contributed by atoms with van der Waals surface area (Å²) in [6.07, 6.45) is 9.66. The first-order valence-corrected chi connectivity index (χ1v) is 7.15. The summed E-state index contributed by atoms with van der Waals surface area (Å²) in [7, 11) is 0. The molecule has 0 saturated carbocycles. The van der Waals surface area contributed by atoms with Crippen molar-refractivity contribution in [3.05, 3.63) is 29.0 Å². The Kier molecular flexibility index (Phi) is 4.00. The number of carbonyl (C=O) groups excluding carboxylic acids is 1. The largest absolute Gasteiger partial charge is 0.299 e. The maximum absolute atomic E-state index is 10.4. The number of aryl methyl sites for hydroxylation is 1. The van der Waals surface area contributed by atoms with Gasteiger partial charge in [-0.15, -0.1) is 11.8 Å². The number of hydrogen-bond donors (Lipinski definition) is 0. The number of hydrogen-bond acceptors (Lipinski definition) is 3. The minimum Gasteiger partial charge on any atom is -0.299 e. The van der Waals surface area contributed by atoms with Gasteiger partial charge >= 0.3 is 0 Å². The van der Waals surface area contributed by atoms with Crippen molar-refractivity contribution in [1.29, 1.82) is 0 Å². The molecule has 2 rings (SSSR count). The Balaban J connectivity index is 2.41. The van der Waals surface area contributed by atoms with Gasteiger partial charge in [0, 0.05) is 11.3 Å². The lowest BCUT2D eigenvalue weighted by Gasteiger charge is -2.21. The standard InChI is InChI=1S/C14H17NOS/c1-10-5-6-13-12(8-10)9-11(4-3-7-16)14(15-13)17-2/h3-4,7,9-10H,5-6,8H2,1-2H3/b4-3+. The number of aromatic nitrogens is 1. The van der Waals surface area contributed by atoms with Crippen molar-refractivity contribution in [2.24, 2.45) is 5.92 Å². The van der Waals surface area contributed by atoms with E-state index in [9.17, 15) is 4.79 Å². The quantitative estimate of drug-likeness (QED) is 0.467. The van der Waals surface area contributed by atoms with E-state index < -0.39 is 0 Å². The first-order chi connectivity index (χ1) is 8.24. The zero-order valence-electron chi connectivity index (χ0n) is 10.3. The van der Waals surface area contributed by atoms with Gasteiger partial charge in [0.2, 0.25) is 0 Å². The van der Waals surface area contributed by atoms with Crippen molar-refractivity contribution < 1.29 is 4.79 Å². The van der Waals surface area contributed by atoms with E-state index in [1.165, 1.54) is 23.8 Å². The molecule has 1 aromatic rings. The molecule has 0 aliphatic heterocycles. The maximum Gasteiger partial charge on any atom is 0.142 e. The molecule has 2 nitrogen and oxygen atoms in total. The number of thioether (sulfide) groups is 1. The molecule has 1 aliphatic rings. The zero-order valence-corrected chi connectivity index (χ0v) is 11.1. The monoisotopic (exact) mass is 247 g/mol. The molecule has 0 aromatic carbocycles. The van der Waals surface area contributed by atoms with E-state index in [4.69, 9.17) is 4.98 Å². The molecule has 0 spiro atoms. The summed E-state index contributed by atoms with van der Waals surface area (Å²) in [5.41, 5.74) is 3.67. The molecule has 0 bridgehead atoms. The summed E-state index contributed by atoms with van der Waals surface area (Å²) < 4.78 is 0. The van der Waals surface area contributed by atoms with Crippen molar-refractivity contribution in [3.8, 4) is 0 Å². The van der Waals surface area contributed by atoms with E-state index in [0.29, 0.717) is 0 Å². The predicted octanol–water partition coefficient (Wildman–Crippen LogP) is 3.14. The van der Waals surface area contributed by atoms with Gasteiger partial charge in [-0.1, -0.05) is 6.92 Å². The highest BCUT2D eigenvalue weighted by molar-refractivity contribution is 7.98. The highest BCUT2D eigenvalue weighted by atomic mass is 32.2. The molecular weight excluding hydrogens is 230 g/mol. The molecular formula is C14H17NOS. The van der Waals surface area contributed by atoms with Crippen LogP contribution in [0.1, 0.15) is 30.2 Å². The van der Waals surface area contributed by atoms with Gasteiger partial charge in [-0.25, -0.2) is 4.98 Å². The Labute approximate surface area is 107 Å². The summed E-state index contributed by atoms with van der Waals surface area (Å²) >= 11 is 1.64.